The van der Waals surface area contributed by atoms with Gasteiger partial charge < -0.3 is 10.6 Å². The van der Waals surface area contributed by atoms with Crippen LogP contribution in [0.3, 0.4) is 0 Å². The molecule has 1 aromatic heterocycles. The third-order valence-electron chi connectivity index (χ3n) is 2.19. The number of nitrogen functional groups attached to an aromatic ring is 1. The number of anilines is 2. The van der Waals surface area contributed by atoms with Crippen LogP contribution in [-0.4, -0.2) is 17.6 Å². The van der Waals surface area contributed by atoms with Crippen molar-refractivity contribution in [2.75, 3.05) is 17.2 Å². The number of nitrogens with zero attached hydrogens (tertiary/aromatic N) is 2. The van der Waals surface area contributed by atoms with E-state index in [0.717, 1.165) is 18.7 Å². The van der Waals surface area contributed by atoms with E-state index >= 15 is 0 Å². The summed E-state index contributed by atoms with van der Waals surface area (Å²) in [6.45, 7) is 7.61. The van der Waals surface area contributed by atoms with Crippen molar-refractivity contribution < 1.29 is 0 Å². The van der Waals surface area contributed by atoms with E-state index in [4.69, 9.17) is 5.73 Å². The van der Waals surface area contributed by atoms with E-state index in [0.29, 0.717) is 11.9 Å². The standard InChI is InChI=1S/C11H19N3/c1-4-7-14(9(2)3)10-5-6-11(12)13-8-10/h5-6,8-9H,4,7H2,1-3H3,(H2,12,13). The topological polar surface area (TPSA) is 42.1 Å². The highest BCUT2D eigenvalue weighted by Crippen LogP contribution is 2.16. The number of pyridine rings is 1. The monoisotopic (exact) mass is 193 g/mol. The zero-order valence-corrected chi connectivity index (χ0v) is 9.20. The fourth-order valence-electron chi connectivity index (χ4n) is 1.49. The Labute approximate surface area is 85.9 Å². The molecule has 0 aliphatic carbocycles. The van der Waals surface area contributed by atoms with Gasteiger partial charge in [-0.25, -0.2) is 4.98 Å². The van der Waals surface area contributed by atoms with Gasteiger partial charge in [0.1, 0.15) is 5.82 Å². The van der Waals surface area contributed by atoms with Gasteiger partial charge >= 0.3 is 0 Å². The van der Waals surface area contributed by atoms with Crippen molar-refractivity contribution in [3.63, 3.8) is 0 Å². The average molecular weight is 193 g/mol. The lowest BCUT2D eigenvalue weighted by atomic mass is 10.2. The molecule has 3 nitrogen and oxygen atoms in total. The number of rotatable bonds is 4. The van der Waals surface area contributed by atoms with E-state index in [1.54, 1.807) is 0 Å². The van der Waals surface area contributed by atoms with Gasteiger partial charge in [-0.2, -0.15) is 0 Å². The Morgan fingerprint density at radius 3 is 2.57 bits per heavy atom. The minimum absolute atomic E-state index is 0.500. The highest BCUT2D eigenvalue weighted by atomic mass is 15.2. The maximum absolute atomic E-state index is 5.55. The minimum Gasteiger partial charge on any atom is -0.384 e. The van der Waals surface area contributed by atoms with Crippen LogP contribution in [0.25, 0.3) is 0 Å². The van der Waals surface area contributed by atoms with Crippen molar-refractivity contribution in [2.45, 2.75) is 33.2 Å². The second-order valence-electron chi connectivity index (χ2n) is 3.73. The van der Waals surface area contributed by atoms with Gasteiger partial charge in [0.2, 0.25) is 0 Å². The molecular weight excluding hydrogens is 174 g/mol. The summed E-state index contributed by atoms with van der Waals surface area (Å²) in [6.07, 6.45) is 2.98. The van der Waals surface area contributed by atoms with Gasteiger partial charge in [0, 0.05) is 12.6 Å². The number of hydrogen-bond acceptors (Lipinski definition) is 3. The van der Waals surface area contributed by atoms with E-state index < -0.39 is 0 Å². The lowest BCUT2D eigenvalue weighted by Crippen LogP contribution is -2.31. The summed E-state index contributed by atoms with van der Waals surface area (Å²) in [5.41, 5.74) is 6.70. The summed E-state index contributed by atoms with van der Waals surface area (Å²) in [7, 11) is 0. The van der Waals surface area contributed by atoms with Crippen LogP contribution in [-0.2, 0) is 0 Å². The van der Waals surface area contributed by atoms with Gasteiger partial charge in [0.25, 0.3) is 0 Å². The van der Waals surface area contributed by atoms with Crippen molar-refractivity contribution in [1.29, 1.82) is 0 Å². The van der Waals surface area contributed by atoms with Crippen molar-refractivity contribution >= 4 is 11.5 Å². The predicted molar refractivity (Wildman–Crippen MR) is 61.4 cm³/mol. The average Bonchev–Trinajstić information content (AvgIpc) is 2.15. The van der Waals surface area contributed by atoms with Gasteiger partial charge in [0.15, 0.2) is 0 Å². The molecule has 0 saturated heterocycles. The molecule has 0 fully saturated rings. The second-order valence-corrected chi connectivity index (χ2v) is 3.73. The number of hydrogen-bond donors (Lipinski definition) is 1. The van der Waals surface area contributed by atoms with Crippen molar-refractivity contribution in [1.82, 2.24) is 4.98 Å². The summed E-state index contributed by atoms with van der Waals surface area (Å²) < 4.78 is 0. The minimum atomic E-state index is 0.500. The fourth-order valence-corrected chi connectivity index (χ4v) is 1.49. The van der Waals surface area contributed by atoms with E-state index in [1.807, 2.05) is 18.3 Å². The maximum atomic E-state index is 5.55. The first-order valence-corrected chi connectivity index (χ1v) is 5.13. The van der Waals surface area contributed by atoms with Gasteiger partial charge in [0.05, 0.1) is 11.9 Å². The molecule has 78 valence electrons. The van der Waals surface area contributed by atoms with E-state index in [9.17, 15) is 0 Å². The summed E-state index contributed by atoms with van der Waals surface area (Å²) in [5, 5.41) is 0. The maximum Gasteiger partial charge on any atom is 0.123 e. The van der Waals surface area contributed by atoms with Gasteiger partial charge in [-0.3, -0.25) is 0 Å². The molecule has 0 spiro atoms. The van der Waals surface area contributed by atoms with Gasteiger partial charge in [-0.1, -0.05) is 6.92 Å². The molecule has 0 aromatic carbocycles. The molecule has 0 aliphatic heterocycles. The van der Waals surface area contributed by atoms with Crippen molar-refractivity contribution in [2.24, 2.45) is 0 Å². The molecule has 0 saturated carbocycles. The van der Waals surface area contributed by atoms with Crippen LogP contribution in [0.15, 0.2) is 18.3 Å². The van der Waals surface area contributed by atoms with Gasteiger partial charge in [-0.05, 0) is 32.4 Å². The van der Waals surface area contributed by atoms with Gasteiger partial charge in [-0.15, -0.1) is 0 Å². The molecule has 0 aliphatic rings. The molecule has 3 heteroatoms. The molecule has 1 aromatic rings. The summed E-state index contributed by atoms with van der Waals surface area (Å²) in [6, 6.07) is 4.37. The van der Waals surface area contributed by atoms with E-state index in [-0.39, 0.29) is 0 Å². The molecule has 0 bridgehead atoms. The molecule has 1 rings (SSSR count). The summed E-state index contributed by atoms with van der Waals surface area (Å²) in [4.78, 5) is 6.43. The quantitative estimate of drug-likeness (QED) is 0.797. The third kappa shape index (κ3) is 2.62. The first kappa shape index (κ1) is 10.8. The first-order chi connectivity index (χ1) is 6.65. The van der Waals surface area contributed by atoms with E-state index in [1.165, 1.54) is 0 Å². The Hall–Kier alpha value is -1.25. The highest BCUT2D eigenvalue weighted by Gasteiger charge is 2.08. The van der Waals surface area contributed by atoms with Crippen molar-refractivity contribution in [3.05, 3.63) is 18.3 Å². The van der Waals surface area contributed by atoms with Crippen LogP contribution in [0.5, 0.6) is 0 Å². The second kappa shape index (κ2) is 4.84. The Morgan fingerprint density at radius 1 is 1.43 bits per heavy atom. The molecule has 1 heterocycles. The molecule has 0 amide bonds. The van der Waals surface area contributed by atoms with Crippen LogP contribution in [0.1, 0.15) is 27.2 Å². The van der Waals surface area contributed by atoms with Crippen LogP contribution >= 0.6 is 0 Å². The van der Waals surface area contributed by atoms with Crippen molar-refractivity contribution in [3.8, 4) is 0 Å². The molecule has 0 unspecified atom stereocenters. The molecule has 0 radical (unpaired) electrons. The Kier molecular flexibility index (Phi) is 3.74. The SMILES string of the molecule is CCCN(c1ccc(N)nc1)C(C)C. The lowest BCUT2D eigenvalue weighted by molar-refractivity contribution is 0.670. The fraction of sp³-hybridized carbons (Fsp3) is 0.545. The van der Waals surface area contributed by atoms with Crippen LogP contribution in [0.4, 0.5) is 11.5 Å². The summed E-state index contributed by atoms with van der Waals surface area (Å²) >= 11 is 0. The van der Waals surface area contributed by atoms with Crippen LogP contribution in [0.2, 0.25) is 0 Å². The lowest BCUT2D eigenvalue weighted by Gasteiger charge is -2.28. The Bertz CT molecular complexity index is 266. The molecule has 0 atom stereocenters. The third-order valence-corrected chi connectivity index (χ3v) is 2.19. The smallest absolute Gasteiger partial charge is 0.123 e. The Morgan fingerprint density at radius 2 is 2.14 bits per heavy atom. The largest absolute Gasteiger partial charge is 0.384 e. The predicted octanol–water partition coefficient (Wildman–Crippen LogP) is 2.29. The number of nitrogens with two attached hydrogens (primary N) is 1. The molecular formula is C11H19N3. The molecule has 14 heavy (non-hydrogen) atoms. The normalized spacial score (nSPS) is 10.6. The first-order valence-electron chi connectivity index (χ1n) is 5.13. The summed E-state index contributed by atoms with van der Waals surface area (Å²) in [5.74, 6) is 0.578. The zero-order valence-electron chi connectivity index (χ0n) is 9.20. The number of aromatic nitrogens is 1. The Balaban J connectivity index is 2.82. The van der Waals surface area contributed by atoms with Crippen LogP contribution in [0, 0.1) is 0 Å². The highest BCUT2D eigenvalue weighted by molar-refractivity contribution is 5.48. The zero-order chi connectivity index (χ0) is 10.6. The molecule has 2 N–H and O–H groups in total. The van der Waals surface area contributed by atoms with E-state index in [2.05, 4.69) is 30.7 Å². The van der Waals surface area contributed by atoms with Crippen LogP contribution < -0.4 is 10.6 Å².